The molecule has 6 heteroatoms. The van der Waals surface area contributed by atoms with Gasteiger partial charge in [0.2, 0.25) is 0 Å². The van der Waals surface area contributed by atoms with Crippen LogP contribution in [-0.4, -0.2) is 25.4 Å². The molecule has 0 saturated heterocycles. The molecule has 0 radical (unpaired) electrons. The minimum atomic E-state index is -1.67. The summed E-state index contributed by atoms with van der Waals surface area (Å²) in [6, 6.07) is 15.1. The Labute approximate surface area is 195 Å². The third-order valence-corrected chi connectivity index (χ3v) is 7.52. The summed E-state index contributed by atoms with van der Waals surface area (Å²) < 4.78 is 0. The second kappa shape index (κ2) is 11.8. The van der Waals surface area contributed by atoms with Crippen LogP contribution in [0.1, 0.15) is 38.2 Å². The first kappa shape index (κ1) is 24.9. The normalized spacial score (nSPS) is 19.5. The van der Waals surface area contributed by atoms with Crippen molar-refractivity contribution >= 4 is 36.5 Å². The van der Waals surface area contributed by atoms with Crippen LogP contribution in [0.3, 0.4) is 0 Å². The fourth-order valence-electron chi connectivity index (χ4n) is 3.82. The molecule has 0 spiro atoms. The molecule has 2 aromatic rings. The van der Waals surface area contributed by atoms with Crippen LogP contribution in [0.15, 0.2) is 47.5 Å². The Bertz CT molecular complexity index is 809. The Morgan fingerprint density at radius 1 is 1.03 bits per heavy atom. The number of nitrogens with zero attached hydrogens (tertiary/aromatic N) is 1. The second-order valence-corrected chi connectivity index (χ2v) is 17.5. The molecule has 3 rings (SSSR count). The van der Waals surface area contributed by atoms with E-state index < -0.39 is 28.9 Å². The number of hydrogen-bond donors (Lipinski definition) is 1. The number of aromatic hydroxyl groups is 1. The van der Waals surface area contributed by atoms with Gasteiger partial charge in [0.05, 0.1) is 14.1 Å². The van der Waals surface area contributed by atoms with Crippen LogP contribution >= 0.6 is 17.0 Å². The maximum atomic E-state index is 10.9. The molecule has 0 amide bonds. The molecule has 0 bridgehead atoms. The van der Waals surface area contributed by atoms with Crippen molar-refractivity contribution in [2.24, 2.45) is 10.9 Å². The van der Waals surface area contributed by atoms with Crippen molar-refractivity contribution in [2.45, 2.75) is 58.3 Å². The molecule has 2 unspecified atom stereocenters. The third-order valence-electron chi connectivity index (χ3n) is 5.53. The van der Waals surface area contributed by atoms with Gasteiger partial charge in [0.25, 0.3) is 0 Å². The first-order valence-corrected chi connectivity index (χ1v) is 20.0. The maximum absolute atomic E-state index is 10.9. The predicted octanol–water partition coefficient (Wildman–Crippen LogP) is 6.98. The van der Waals surface area contributed by atoms with Crippen molar-refractivity contribution in [3.63, 3.8) is 0 Å². The number of hydrogen-bond acceptors (Lipinski definition) is 2. The summed E-state index contributed by atoms with van der Waals surface area (Å²) in [5, 5.41) is 12.0. The molecule has 0 aliphatic heterocycles. The van der Waals surface area contributed by atoms with Crippen LogP contribution in [0.2, 0.25) is 19.6 Å². The van der Waals surface area contributed by atoms with Crippen molar-refractivity contribution < 1.29 is 26.0 Å². The molecule has 2 atom stereocenters. The Morgan fingerprint density at radius 2 is 1.66 bits per heavy atom. The van der Waals surface area contributed by atoms with E-state index in [1.807, 2.05) is 12.3 Å². The summed E-state index contributed by atoms with van der Waals surface area (Å²) in [4.78, 5) is 4.88. The van der Waals surface area contributed by atoms with Crippen LogP contribution in [0.5, 0.6) is 5.75 Å². The number of halogens is 2. The van der Waals surface area contributed by atoms with E-state index in [0.29, 0.717) is 17.7 Å². The number of benzene rings is 2. The third kappa shape index (κ3) is 7.35. The molecule has 2 nitrogen and oxygen atoms in total. The van der Waals surface area contributed by atoms with Crippen LogP contribution in [0.25, 0.3) is 11.1 Å². The quantitative estimate of drug-likeness (QED) is 0.338. The van der Waals surface area contributed by atoms with E-state index in [2.05, 4.69) is 63.0 Å². The summed E-state index contributed by atoms with van der Waals surface area (Å²) in [6.45, 7) is 9.14. The predicted molar refractivity (Wildman–Crippen MR) is 127 cm³/mol. The summed E-state index contributed by atoms with van der Waals surface area (Å²) >= 11 is -0.826. The summed E-state index contributed by atoms with van der Waals surface area (Å²) in [5.74, 6) is 1.06. The fraction of sp³-hybridized carbons (Fsp3) is 0.435. The Balaban J connectivity index is 0.000000941. The van der Waals surface area contributed by atoms with Gasteiger partial charge in [-0.1, -0.05) is 75.8 Å². The van der Waals surface area contributed by atoms with Gasteiger partial charge >= 0.3 is 37.9 Å². The molecule has 1 saturated carbocycles. The number of aliphatic imine (C=N–C) groups is 1. The van der Waals surface area contributed by atoms with Crippen molar-refractivity contribution in [3.05, 3.63) is 48.0 Å². The molecule has 1 aliphatic rings. The average Bonchev–Trinajstić information content (AvgIpc) is 2.68. The van der Waals surface area contributed by atoms with E-state index >= 15 is 0 Å². The molecule has 0 aromatic heterocycles. The summed E-state index contributed by atoms with van der Waals surface area (Å²) in [7, 11) is 8.20. The van der Waals surface area contributed by atoms with Gasteiger partial charge in [-0.3, -0.25) is 4.99 Å². The van der Waals surface area contributed by atoms with Gasteiger partial charge in [-0.2, -0.15) is 0 Å². The number of phenolic OH excluding ortho intramolecular Hbond substituents is 1. The summed E-state index contributed by atoms with van der Waals surface area (Å²) in [6.07, 6.45) is 6.94. The monoisotopic (exact) mass is 525 g/mol. The fourth-order valence-corrected chi connectivity index (χ4v) is 5.26. The van der Waals surface area contributed by atoms with E-state index in [9.17, 15) is 5.11 Å². The molecule has 0 heterocycles. The average molecular weight is 528 g/mol. The SMILES string of the molecule is CC1CCCCC1N=Cc1cc(-c2ccccc2)cc([Si](C)(C)C)c1O.[Cl][Zr][Cl]. The Morgan fingerprint density at radius 3 is 2.24 bits per heavy atom. The van der Waals surface area contributed by atoms with Crippen molar-refractivity contribution in [1.29, 1.82) is 0 Å². The van der Waals surface area contributed by atoms with Gasteiger partial charge in [-0.05, 0) is 41.1 Å². The second-order valence-electron chi connectivity index (χ2n) is 8.76. The van der Waals surface area contributed by atoms with Gasteiger partial charge in [0.15, 0.2) is 0 Å². The van der Waals surface area contributed by atoms with Crippen molar-refractivity contribution in [3.8, 4) is 16.9 Å². The van der Waals surface area contributed by atoms with Gasteiger partial charge < -0.3 is 5.11 Å². The van der Waals surface area contributed by atoms with Gasteiger partial charge in [0, 0.05) is 11.8 Å². The van der Waals surface area contributed by atoms with E-state index in [0.717, 1.165) is 17.2 Å². The first-order chi connectivity index (χ1) is 13.8. The molecule has 1 fully saturated rings. The molecular weight excluding hydrogens is 496 g/mol. The van der Waals surface area contributed by atoms with Crippen molar-refractivity contribution in [2.75, 3.05) is 0 Å². The van der Waals surface area contributed by atoms with E-state index in [4.69, 9.17) is 22.0 Å². The molecule has 156 valence electrons. The van der Waals surface area contributed by atoms with Crippen LogP contribution in [0.4, 0.5) is 0 Å². The molecular formula is C23H31Cl2NOSiZr. The standard InChI is InChI=1S/C23H31NOSi.2ClH.Zr/c1-17-10-8-9-13-21(17)24-16-20-14-19(18-11-6-5-7-12-18)15-22(23(20)25)26(2,3)4;;;/h5-7,11-12,14-17,21,25H,8-10,13H2,1-4H3;2*1H;/q;;;+2/p-2. The van der Waals surface area contributed by atoms with Gasteiger partial charge in [-0.15, -0.1) is 0 Å². The summed E-state index contributed by atoms with van der Waals surface area (Å²) in [5.41, 5.74) is 3.22. The minimum absolute atomic E-state index is 0.388. The van der Waals surface area contributed by atoms with Gasteiger partial charge in [-0.25, -0.2) is 0 Å². The van der Waals surface area contributed by atoms with Crippen LogP contribution in [-0.2, 0) is 20.8 Å². The number of phenols is 1. The molecule has 29 heavy (non-hydrogen) atoms. The zero-order chi connectivity index (χ0) is 21.4. The Kier molecular flexibility index (Phi) is 10.1. The van der Waals surface area contributed by atoms with Crippen LogP contribution < -0.4 is 5.19 Å². The van der Waals surface area contributed by atoms with E-state index in [-0.39, 0.29) is 0 Å². The molecule has 2 aromatic carbocycles. The number of rotatable bonds is 4. The van der Waals surface area contributed by atoms with Gasteiger partial charge in [0.1, 0.15) is 5.75 Å². The zero-order valence-electron chi connectivity index (χ0n) is 17.8. The van der Waals surface area contributed by atoms with Crippen molar-refractivity contribution in [1.82, 2.24) is 0 Å². The first-order valence-electron chi connectivity index (χ1n) is 10.2. The molecule has 1 N–H and O–H groups in total. The zero-order valence-corrected chi connectivity index (χ0v) is 22.7. The van der Waals surface area contributed by atoms with Crippen LogP contribution in [0, 0.1) is 5.92 Å². The van der Waals surface area contributed by atoms with E-state index in [1.54, 1.807) is 0 Å². The molecule has 1 aliphatic carbocycles. The topological polar surface area (TPSA) is 32.6 Å². The van der Waals surface area contributed by atoms with E-state index in [1.165, 1.54) is 30.4 Å². The Hall–Kier alpha value is -0.410.